The van der Waals surface area contributed by atoms with Crippen LogP contribution in [0.15, 0.2) is 30.3 Å². The van der Waals surface area contributed by atoms with Crippen LogP contribution in [0.5, 0.6) is 0 Å². The van der Waals surface area contributed by atoms with Crippen LogP contribution in [0.3, 0.4) is 0 Å². The molecular formula is C11H15NO. The molecule has 2 atom stereocenters. The summed E-state index contributed by atoms with van der Waals surface area (Å²) in [5, 5.41) is 12.9. The Morgan fingerprint density at radius 3 is 2.69 bits per heavy atom. The van der Waals surface area contributed by atoms with E-state index in [2.05, 4.69) is 17.4 Å². The van der Waals surface area contributed by atoms with E-state index < -0.39 is 0 Å². The van der Waals surface area contributed by atoms with Gasteiger partial charge in [-0.1, -0.05) is 30.3 Å². The minimum Gasteiger partial charge on any atom is -0.391 e. The summed E-state index contributed by atoms with van der Waals surface area (Å²) >= 11 is 0. The fourth-order valence-electron chi connectivity index (χ4n) is 1.83. The second-order valence-corrected chi connectivity index (χ2v) is 3.61. The zero-order chi connectivity index (χ0) is 9.10. The number of aliphatic hydroxyl groups is 1. The number of hydrogen-bond donors (Lipinski definition) is 2. The number of benzene rings is 1. The van der Waals surface area contributed by atoms with Crippen molar-refractivity contribution in [3.63, 3.8) is 0 Å². The summed E-state index contributed by atoms with van der Waals surface area (Å²) in [5.74, 6) is 0. The third kappa shape index (κ3) is 2.08. The molecule has 0 aromatic heterocycles. The van der Waals surface area contributed by atoms with Crippen molar-refractivity contribution in [1.82, 2.24) is 5.32 Å². The van der Waals surface area contributed by atoms with Crippen molar-refractivity contribution in [2.24, 2.45) is 0 Å². The van der Waals surface area contributed by atoms with E-state index in [1.54, 1.807) is 0 Å². The van der Waals surface area contributed by atoms with E-state index in [0.29, 0.717) is 0 Å². The molecule has 0 bridgehead atoms. The van der Waals surface area contributed by atoms with Crippen molar-refractivity contribution >= 4 is 0 Å². The van der Waals surface area contributed by atoms with Gasteiger partial charge in [0.2, 0.25) is 0 Å². The van der Waals surface area contributed by atoms with Gasteiger partial charge in [-0.05, 0) is 24.9 Å². The monoisotopic (exact) mass is 177 g/mol. The second kappa shape index (κ2) is 3.90. The second-order valence-electron chi connectivity index (χ2n) is 3.61. The van der Waals surface area contributed by atoms with Crippen LogP contribution in [0.25, 0.3) is 0 Å². The summed E-state index contributed by atoms with van der Waals surface area (Å²) in [6.45, 7) is 0.943. The summed E-state index contributed by atoms with van der Waals surface area (Å²) in [5.41, 5.74) is 1.29. The van der Waals surface area contributed by atoms with E-state index >= 15 is 0 Å². The molecule has 1 aliphatic heterocycles. The standard InChI is InChI=1S/C11H15NO/c13-11-6-7-12-10(11)8-9-4-2-1-3-5-9/h1-5,10-13H,6-8H2/t10-,11?/m1/s1. The molecular weight excluding hydrogens is 162 g/mol. The highest BCUT2D eigenvalue weighted by molar-refractivity contribution is 5.16. The molecule has 0 saturated carbocycles. The van der Waals surface area contributed by atoms with Gasteiger partial charge in [-0.3, -0.25) is 0 Å². The maximum absolute atomic E-state index is 9.59. The average molecular weight is 177 g/mol. The van der Waals surface area contributed by atoms with Gasteiger partial charge in [0.25, 0.3) is 0 Å². The quantitative estimate of drug-likeness (QED) is 0.705. The van der Waals surface area contributed by atoms with Crippen LogP contribution in [0.2, 0.25) is 0 Å². The predicted octanol–water partition coefficient (Wildman–Crippen LogP) is 0.952. The normalized spacial score (nSPS) is 27.8. The lowest BCUT2D eigenvalue weighted by molar-refractivity contribution is 0.159. The summed E-state index contributed by atoms with van der Waals surface area (Å²) in [4.78, 5) is 0. The highest BCUT2D eigenvalue weighted by Gasteiger charge is 2.24. The van der Waals surface area contributed by atoms with Gasteiger partial charge < -0.3 is 10.4 Å². The van der Waals surface area contributed by atoms with Crippen LogP contribution in [0.1, 0.15) is 12.0 Å². The Bertz CT molecular complexity index is 260. The first-order chi connectivity index (χ1) is 6.36. The molecule has 0 radical (unpaired) electrons. The summed E-state index contributed by atoms with van der Waals surface area (Å²) in [6.07, 6.45) is 1.65. The van der Waals surface area contributed by atoms with Crippen molar-refractivity contribution in [3.05, 3.63) is 35.9 Å². The molecule has 1 aromatic rings. The molecule has 1 aromatic carbocycles. The van der Waals surface area contributed by atoms with E-state index in [4.69, 9.17) is 0 Å². The largest absolute Gasteiger partial charge is 0.391 e. The highest BCUT2D eigenvalue weighted by atomic mass is 16.3. The Labute approximate surface area is 78.6 Å². The van der Waals surface area contributed by atoms with E-state index in [0.717, 1.165) is 19.4 Å². The lowest BCUT2D eigenvalue weighted by atomic mass is 10.0. The van der Waals surface area contributed by atoms with Crippen molar-refractivity contribution in [3.8, 4) is 0 Å². The third-order valence-corrected chi connectivity index (χ3v) is 2.61. The van der Waals surface area contributed by atoms with Gasteiger partial charge in [0, 0.05) is 6.04 Å². The number of rotatable bonds is 2. The van der Waals surface area contributed by atoms with Crippen LogP contribution in [-0.2, 0) is 6.42 Å². The van der Waals surface area contributed by atoms with Gasteiger partial charge in [-0.2, -0.15) is 0 Å². The van der Waals surface area contributed by atoms with Crippen LogP contribution in [-0.4, -0.2) is 23.8 Å². The Hall–Kier alpha value is -0.860. The van der Waals surface area contributed by atoms with Crippen molar-refractivity contribution in [1.29, 1.82) is 0 Å². The lowest BCUT2D eigenvalue weighted by Crippen LogP contribution is -2.32. The van der Waals surface area contributed by atoms with Gasteiger partial charge in [0.05, 0.1) is 6.10 Å². The van der Waals surface area contributed by atoms with Gasteiger partial charge in [-0.15, -0.1) is 0 Å². The zero-order valence-electron chi connectivity index (χ0n) is 7.61. The summed E-state index contributed by atoms with van der Waals surface area (Å²) < 4.78 is 0. The van der Waals surface area contributed by atoms with Crippen LogP contribution in [0, 0.1) is 0 Å². The fraction of sp³-hybridized carbons (Fsp3) is 0.455. The molecule has 13 heavy (non-hydrogen) atoms. The van der Waals surface area contributed by atoms with Gasteiger partial charge in [0.1, 0.15) is 0 Å². The van der Waals surface area contributed by atoms with E-state index in [9.17, 15) is 5.11 Å². The number of nitrogens with one attached hydrogen (secondary N) is 1. The SMILES string of the molecule is OC1CCN[C@@H]1Cc1ccccc1. The molecule has 1 unspecified atom stereocenters. The smallest absolute Gasteiger partial charge is 0.0708 e. The van der Waals surface area contributed by atoms with Gasteiger partial charge in [-0.25, -0.2) is 0 Å². The molecule has 0 amide bonds. The molecule has 1 fully saturated rings. The number of hydrogen-bond acceptors (Lipinski definition) is 2. The van der Waals surface area contributed by atoms with Crippen molar-refractivity contribution in [2.45, 2.75) is 25.0 Å². The Morgan fingerprint density at radius 2 is 2.08 bits per heavy atom. The maximum atomic E-state index is 9.59. The summed E-state index contributed by atoms with van der Waals surface area (Å²) in [7, 11) is 0. The molecule has 0 spiro atoms. The minimum atomic E-state index is -0.166. The maximum Gasteiger partial charge on any atom is 0.0708 e. The fourth-order valence-corrected chi connectivity index (χ4v) is 1.83. The molecule has 1 aliphatic rings. The van der Waals surface area contributed by atoms with E-state index in [-0.39, 0.29) is 12.1 Å². The zero-order valence-corrected chi connectivity index (χ0v) is 7.61. The van der Waals surface area contributed by atoms with Crippen LogP contribution < -0.4 is 5.32 Å². The third-order valence-electron chi connectivity index (χ3n) is 2.61. The molecule has 1 heterocycles. The first kappa shape index (κ1) is 8.73. The molecule has 70 valence electrons. The number of aliphatic hydroxyl groups excluding tert-OH is 1. The van der Waals surface area contributed by atoms with Crippen molar-refractivity contribution < 1.29 is 5.11 Å². The lowest BCUT2D eigenvalue weighted by Gasteiger charge is -2.14. The van der Waals surface area contributed by atoms with Crippen LogP contribution in [0.4, 0.5) is 0 Å². The van der Waals surface area contributed by atoms with Crippen LogP contribution >= 0.6 is 0 Å². The Balaban J connectivity index is 1.98. The van der Waals surface area contributed by atoms with Gasteiger partial charge in [0.15, 0.2) is 0 Å². The predicted molar refractivity (Wildman–Crippen MR) is 52.6 cm³/mol. The Morgan fingerprint density at radius 1 is 1.31 bits per heavy atom. The minimum absolute atomic E-state index is 0.166. The summed E-state index contributed by atoms with van der Waals surface area (Å²) in [6, 6.07) is 10.6. The highest BCUT2D eigenvalue weighted by Crippen LogP contribution is 2.12. The van der Waals surface area contributed by atoms with Crippen molar-refractivity contribution in [2.75, 3.05) is 6.54 Å². The van der Waals surface area contributed by atoms with E-state index in [1.165, 1.54) is 5.56 Å². The van der Waals surface area contributed by atoms with Gasteiger partial charge >= 0.3 is 0 Å². The molecule has 2 rings (SSSR count). The first-order valence-electron chi connectivity index (χ1n) is 4.81. The topological polar surface area (TPSA) is 32.3 Å². The van der Waals surface area contributed by atoms with E-state index in [1.807, 2.05) is 18.2 Å². The molecule has 0 aliphatic carbocycles. The average Bonchev–Trinajstić information content (AvgIpc) is 2.54. The molecule has 1 saturated heterocycles. The Kier molecular flexibility index (Phi) is 2.62. The first-order valence-corrected chi connectivity index (χ1v) is 4.81. The molecule has 2 nitrogen and oxygen atoms in total. The molecule has 2 N–H and O–H groups in total. The molecule has 2 heteroatoms.